The first kappa shape index (κ1) is 23.1. The van der Waals surface area contributed by atoms with E-state index in [-0.39, 0.29) is 5.95 Å². The number of carbonyl (C=O) groups excluding carboxylic acids is 1. The van der Waals surface area contributed by atoms with E-state index in [1.807, 2.05) is 11.0 Å². The predicted molar refractivity (Wildman–Crippen MR) is 111 cm³/mol. The zero-order chi connectivity index (χ0) is 23.5. The van der Waals surface area contributed by atoms with E-state index < -0.39 is 23.6 Å². The highest BCUT2D eigenvalue weighted by Crippen LogP contribution is 2.32. The van der Waals surface area contributed by atoms with Gasteiger partial charge in [-0.25, -0.2) is 14.8 Å². The molecule has 1 amide bonds. The van der Waals surface area contributed by atoms with Gasteiger partial charge in [-0.1, -0.05) is 0 Å². The summed E-state index contributed by atoms with van der Waals surface area (Å²) in [6.45, 7) is 7.17. The van der Waals surface area contributed by atoms with Gasteiger partial charge in [0.05, 0.1) is 23.0 Å². The van der Waals surface area contributed by atoms with Crippen molar-refractivity contribution in [2.75, 3.05) is 36.4 Å². The molecule has 1 saturated heterocycles. The SMILES string of the molecule is CC(C)(C)OC(=O)N1CCN(c2ccc(C#N)cc2Nc2nccc(C(F)(F)F)n2)CC1. The number of nitrogens with one attached hydrogen (secondary N) is 1. The molecule has 0 saturated carbocycles. The zero-order valence-corrected chi connectivity index (χ0v) is 17.9. The van der Waals surface area contributed by atoms with Gasteiger partial charge in [-0.3, -0.25) is 0 Å². The fraction of sp³-hybridized carbons (Fsp3) is 0.429. The molecule has 0 unspecified atom stereocenters. The van der Waals surface area contributed by atoms with Crippen molar-refractivity contribution in [1.82, 2.24) is 14.9 Å². The number of piperazine rings is 1. The summed E-state index contributed by atoms with van der Waals surface area (Å²) in [7, 11) is 0. The molecule has 1 aromatic heterocycles. The maximum atomic E-state index is 13.0. The van der Waals surface area contributed by atoms with Crippen LogP contribution >= 0.6 is 0 Å². The number of nitrogens with zero attached hydrogens (tertiary/aromatic N) is 5. The summed E-state index contributed by atoms with van der Waals surface area (Å²) in [4.78, 5) is 23.3. The molecule has 0 spiro atoms. The highest BCUT2D eigenvalue weighted by molar-refractivity contribution is 5.76. The number of alkyl halides is 3. The minimum Gasteiger partial charge on any atom is -0.444 e. The molecule has 2 aromatic rings. The number of ether oxygens (including phenoxy) is 1. The zero-order valence-electron chi connectivity index (χ0n) is 17.9. The molecule has 170 valence electrons. The summed E-state index contributed by atoms with van der Waals surface area (Å²) >= 11 is 0. The summed E-state index contributed by atoms with van der Waals surface area (Å²) in [6.07, 6.45) is -3.98. The van der Waals surface area contributed by atoms with Gasteiger partial charge in [0, 0.05) is 32.4 Å². The number of hydrogen-bond acceptors (Lipinski definition) is 7. The van der Waals surface area contributed by atoms with Crippen LogP contribution in [0.1, 0.15) is 32.0 Å². The highest BCUT2D eigenvalue weighted by Gasteiger charge is 2.33. The van der Waals surface area contributed by atoms with Crippen molar-refractivity contribution in [3.63, 3.8) is 0 Å². The minimum absolute atomic E-state index is 0.233. The number of aromatic nitrogens is 2. The normalized spacial score (nSPS) is 14.7. The number of anilines is 3. The molecule has 1 aliphatic rings. The molecule has 0 atom stereocenters. The van der Waals surface area contributed by atoms with E-state index in [0.29, 0.717) is 43.1 Å². The first-order chi connectivity index (χ1) is 15.0. The Kier molecular flexibility index (Phi) is 6.43. The predicted octanol–water partition coefficient (Wildman–Crippen LogP) is 4.17. The molecule has 8 nitrogen and oxygen atoms in total. The molecule has 32 heavy (non-hydrogen) atoms. The molecule has 1 N–H and O–H groups in total. The Labute approximate surface area is 183 Å². The van der Waals surface area contributed by atoms with E-state index in [2.05, 4.69) is 15.3 Å². The Morgan fingerprint density at radius 1 is 1.16 bits per heavy atom. The minimum atomic E-state index is -4.60. The van der Waals surface area contributed by atoms with Gasteiger partial charge in [-0.15, -0.1) is 0 Å². The molecule has 11 heteroatoms. The van der Waals surface area contributed by atoms with E-state index in [0.717, 1.165) is 12.3 Å². The van der Waals surface area contributed by atoms with Crippen LogP contribution in [0, 0.1) is 11.3 Å². The second-order valence-electron chi connectivity index (χ2n) is 8.19. The standard InChI is InChI=1S/C21H23F3N6O2/c1-20(2,3)32-19(31)30-10-8-29(9-11-30)16-5-4-14(13-25)12-15(16)27-18-26-7-6-17(28-18)21(22,23)24/h4-7,12H,8-11H2,1-3H3,(H,26,27,28). The van der Waals surface area contributed by atoms with Gasteiger partial charge < -0.3 is 19.9 Å². The molecular weight excluding hydrogens is 425 g/mol. The van der Waals surface area contributed by atoms with Gasteiger partial charge in [0.1, 0.15) is 11.3 Å². The molecule has 0 radical (unpaired) electrons. The number of halogens is 3. The Morgan fingerprint density at radius 3 is 2.44 bits per heavy atom. The van der Waals surface area contributed by atoms with Crippen molar-refractivity contribution in [3.8, 4) is 6.07 Å². The molecular formula is C21H23F3N6O2. The Hall–Kier alpha value is -3.55. The summed E-state index contributed by atoms with van der Waals surface area (Å²) in [5.74, 6) is -0.233. The third-order valence-corrected chi connectivity index (χ3v) is 4.59. The molecule has 1 aromatic carbocycles. The lowest BCUT2D eigenvalue weighted by Gasteiger charge is -2.37. The van der Waals surface area contributed by atoms with E-state index in [4.69, 9.17) is 4.74 Å². The van der Waals surface area contributed by atoms with E-state index >= 15 is 0 Å². The van der Waals surface area contributed by atoms with Crippen molar-refractivity contribution >= 4 is 23.4 Å². The van der Waals surface area contributed by atoms with Crippen LogP contribution in [0.5, 0.6) is 0 Å². The van der Waals surface area contributed by atoms with Crippen molar-refractivity contribution in [1.29, 1.82) is 5.26 Å². The lowest BCUT2D eigenvalue weighted by atomic mass is 10.1. The maximum Gasteiger partial charge on any atom is 0.433 e. The number of amides is 1. The summed E-state index contributed by atoms with van der Waals surface area (Å²) in [5.41, 5.74) is -0.277. The quantitative estimate of drug-likeness (QED) is 0.753. The fourth-order valence-corrected chi connectivity index (χ4v) is 3.14. The van der Waals surface area contributed by atoms with E-state index in [1.54, 1.807) is 37.8 Å². The molecule has 2 heterocycles. The summed E-state index contributed by atoms with van der Waals surface area (Å²) < 4.78 is 44.4. The van der Waals surface area contributed by atoms with Crippen LogP contribution in [0.25, 0.3) is 0 Å². The average Bonchev–Trinajstić information content (AvgIpc) is 2.72. The second-order valence-corrected chi connectivity index (χ2v) is 8.19. The van der Waals surface area contributed by atoms with Crippen molar-refractivity contribution in [2.45, 2.75) is 32.5 Å². The molecule has 1 fully saturated rings. The van der Waals surface area contributed by atoms with Crippen LogP contribution in [0.4, 0.5) is 35.3 Å². The summed E-state index contributed by atoms with van der Waals surface area (Å²) in [5, 5.41) is 12.0. The highest BCUT2D eigenvalue weighted by atomic mass is 19.4. The van der Waals surface area contributed by atoms with Crippen molar-refractivity contribution < 1.29 is 22.7 Å². The molecule has 0 aliphatic carbocycles. The topological polar surface area (TPSA) is 94.4 Å². The second kappa shape index (κ2) is 8.90. The molecule has 1 aliphatic heterocycles. The van der Waals surface area contributed by atoms with Crippen LogP contribution in [-0.4, -0.2) is 52.7 Å². The average molecular weight is 448 g/mol. The maximum absolute atomic E-state index is 13.0. The van der Waals surface area contributed by atoms with Gasteiger partial charge in [0.2, 0.25) is 5.95 Å². The van der Waals surface area contributed by atoms with Gasteiger partial charge in [-0.05, 0) is 45.0 Å². The fourth-order valence-electron chi connectivity index (χ4n) is 3.14. The van der Waals surface area contributed by atoms with Gasteiger partial charge in [0.25, 0.3) is 0 Å². The molecule has 0 bridgehead atoms. The smallest absolute Gasteiger partial charge is 0.433 e. The lowest BCUT2D eigenvalue weighted by Crippen LogP contribution is -2.50. The third-order valence-electron chi connectivity index (χ3n) is 4.59. The number of benzene rings is 1. The number of rotatable bonds is 3. The lowest BCUT2D eigenvalue weighted by molar-refractivity contribution is -0.141. The Balaban J connectivity index is 1.79. The molecule has 3 rings (SSSR count). The van der Waals surface area contributed by atoms with Crippen LogP contribution in [-0.2, 0) is 10.9 Å². The summed E-state index contributed by atoms with van der Waals surface area (Å²) in [6, 6.07) is 7.65. The largest absolute Gasteiger partial charge is 0.444 e. The van der Waals surface area contributed by atoms with Crippen LogP contribution < -0.4 is 10.2 Å². The third kappa shape index (κ3) is 5.78. The number of hydrogen-bond donors (Lipinski definition) is 1. The first-order valence-corrected chi connectivity index (χ1v) is 9.90. The van der Waals surface area contributed by atoms with Crippen LogP contribution in [0.3, 0.4) is 0 Å². The van der Waals surface area contributed by atoms with Gasteiger partial charge in [-0.2, -0.15) is 18.4 Å². The first-order valence-electron chi connectivity index (χ1n) is 9.90. The monoisotopic (exact) mass is 448 g/mol. The van der Waals surface area contributed by atoms with Gasteiger partial charge in [0.15, 0.2) is 0 Å². The number of carbonyl (C=O) groups is 1. The van der Waals surface area contributed by atoms with Crippen LogP contribution in [0.2, 0.25) is 0 Å². The van der Waals surface area contributed by atoms with Gasteiger partial charge >= 0.3 is 12.3 Å². The Morgan fingerprint density at radius 2 is 1.84 bits per heavy atom. The van der Waals surface area contributed by atoms with E-state index in [1.165, 1.54) is 6.07 Å². The van der Waals surface area contributed by atoms with E-state index in [9.17, 15) is 23.2 Å². The van der Waals surface area contributed by atoms with Crippen LogP contribution in [0.15, 0.2) is 30.5 Å². The van der Waals surface area contributed by atoms with Crippen molar-refractivity contribution in [3.05, 3.63) is 41.7 Å². The Bertz CT molecular complexity index is 1020. The van der Waals surface area contributed by atoms with Crippen molar-refractivity contribution in [2.24, 2.45) is 0 Å². The number of nitriles is 1.